The molecule has 3 atom stereocenters. The summed E-state index contributed by atoms with van der Waals surface area (Å²) < 4.78 is 6.00. The Kier molecular flexibility index (Phi) is 6.81. The highest BCUT2D eigenvalue weighted by molar-refractivity contribution is 6.07. The van der Waals surface area contributed by atoms with Gasteiger partial charge in [-0.1, -0.05) is 48.9 Å². The number of para-hydroxylation sites is 2. The zero-order valence-corrected chi connectivity index (χ0v) is 21.7. The van der Waals surface area contributed by atoms with Crippen LogP contribution in [0.1, 0.15) is 66.9 Å². The van der Waals surface area contributed by atoms with Crippen LogP contribution in [-0.2, 0) is 9.59 Å². The lowest BCUT2D eigenvalue weighted by Crippen LogP contribution is -2.52. The molecule has 7 nitrogen and oxygen atoms in total. The fourth-order valence-electron chi connectivity index (χ4n) is 6.38. The molecule has 1 N–H and O–H groups in total. The SMILES string of the molecule is O=C(O)CCC(=O)N(C1CC1)[C@H]1c2ccccc2N(C(=O)c2cccc(Oc3ccccc3)c2)[C@@H]2CCC[C@@H]21. The number of ether oxygens (including phenoxy) is 1. The minimum Gasteiger partial charge on any atom is -0.481 e. The number of rotatable bonds is 8. The van der Waals surface area contributed by atoms with Gasteiger partial charge in [0, 0.05) is 35.7 Å². The maximum absolute atomic E-state index is 14.2. The van der Waals surface area contributed by atoms with Crippen molar-refractivity contribution in [2.75, 3.05) is 4.90 Å². The van der Waals surface area contributed by atoms with Gasteiger partial charge in [-0.15, -0.1) is 0 Å². The van der Waals surface area contributed by atoms with Crippen LogP contribution in [0.4, 0.5) is 5.69 Å². The third-order valence-corrected chi connectivity index (χ3v) is 8.14. The molecule has 0 saturated heterocycles. The molecule has 1 heterocycles. The van der Waals surface area contributed by atoms with Gasteiger partial charge in [0.05, 0.1) is 12.5 Å². The summed E-state index contributed by atoms with van der Waals surface area (Å²) in [5.41, 5.74) is 2.36. The molecule has 39 heavy (non-hydrogen) atoms. The van der Waals surface area contributed by atoms with Gasteiger partial charge in [-0.05, 0) is 67.6 Å². The minimum absolute atomic E-state index is 0.00125. The summed E-state index contributed by atoms with van der Waals surface area (Å²) in [6.07, 6.45) is 4.46. The smallest absolute Gasteiger partial charge is 0.303 e. The van der Waals surface area contributed by atoms with Gasteiger partial charge in [-0.3, -0.25) is 14.4 Å². The van der Waals surface area contributed by atoms with Crippen molar-refractivity contribution in [3.8, 4) is 11.5 Å². The summed E-state index contributed by atoms with van der Waals surface area (Å²) >= 11 is 0. The minimum atomic E-state index is -0.961. The number of nitrogens with zero attached hydrogens (tertiary/aromatic N) is 2. The van der Waals surface area contributed by atoms with Crippen LogP contribution in [0.5, 0.6) is 11.5 Å². The van der Waals surface area contributed by atoms with E-state index in [1.54, 1.807) is 6.07 Å². The Balaban J connectivity index is 1.35. The molecule has 3 aromatic rings. The van der Waals surface area contributed by atoms with E-state index < -0.39 is 5.97 Å². The van der Waals surface area contributed by atoms with Gasteiger partial charge >= 0.3 is 5.97 Å². The monoisotopic (exact) mass is 524 g/mol. The Labute approximate surface area is 228 Å². The van der Waals surface area contributed by atoms with E-state index in [4.69, 9.17) is 4.74 Å². The standard InChI is InChI=1S/C32H32N2O5/c35-29(18-19-30(36)37)33(22-16-17-22)31-25-12-4-5-14-27(25)34(28-15-7-13-26(28)31)32(38)21-8-6-11-24(20-21)39-23-9-2-1-3-10-23/h1-6,8-12,14,20,22,26,28,31H,7,13,15-19H2,(H,36,37)/t26-,28+,31-/m0/s1. The Morgan fingerprint density at radius 2 is 1.59 bits per heavy atom. The van der Waals surface area contributed by atoms with Gasteiger partial charge < -0.3 is 19.6 Å². The second-order valence-electron chi connectivity index (χ2n) is 10.7. The lowest BCUT2D eigenvalue weighted by Gasteiger charge is -2.48. The van der Waals surface area contributed by atoms with Gasteiger partial charge in [-0.25, -0.2) is 0 Å². The molecule has 3 aliphatic rings. The number of carboxylic acids is 1. The van der Waals surface area contributed by atoms with Gasteiger partial charge in [0.2, 0.25) is 5.91 Å². The molecule has 2 amide bonds. The maximum Gasteiger partial charge on any atom is 0.303 e. The molecular formula is C32H32N2O5. The molecule has 0 unspecified atom stereocenters. The molecule has 200 valence electrons. The summed E-state index contributed by atoms with van der Waals surface area (Å²) in [6.45, 7) is 0. The predicted molar refractivity (Wildman–Crippen MR) is 147 cm³/mol. The van der Waals surface area contributed by atoms with Crippen molar-refractivity contribution in [1.29, 1.82) is 0 Å². The Morgan fingerprint density at radius 1 is 0.846 bits per heavy atom. The Bertz CT molecular complexity index is 1390. The van der Waals surface area contributed by atoms with Crippen molar-refractivity contribution in [2.24, 2.45) is 5.92 Å². The van der Waals surface area contributed by atoms with Crippen molar-refractivity contribution < 1.29 is 24.2 Å². The van der Waals surface area contributed by atoms with Gasteiger partial charge in [0.25, 0.3) is 5.91 Å². The molecule has 2 saturated carbocycles. The summed E-state index contributed by atoms with van der Waals surface area (Å²) in [6, 6.07) is 24.7. The molecule has 3 aromatic carbocycles. The molecule has 2 fully saturated rings. The second kappa shape index (κ2) is 10.6. The van der Waals surface area contributed by atoms with Crippen LogP contribution in [0.25, 0.3) is 0 Å². The number of carboxylic acid groups (broad SMARTS) is 1. The lowest BCUT2D eigenvalue weighted by atomic mass is 9.81. The van der Waals surface area contributed by atoms with Gasteiger partial charge in [0.15, 0.2) is 0 Å². The topological polar surface area (TPSA) is 87.2 Å². The highest BCUT2D eigenvalue weighted by Gasteiger charge is 2.51. The van der Waals surface area contributed by atoms with Gasteiger partial charge in [0.1, 0.15) is 11.5 Å². The number of aliphatic carboxylic acids is 1. The van der Waals surface area contributed by atoms with E-state index in [0.29, 0.717) is 17.1 Å². The number of carbonyl (C=O) groups is 3. The Morgan fingerprint density at radius 3 is 2.36 bits per heavy atom. The molecule has 0 aromatic heterocycles. The van der Waals surface area contributed by atoms with E-state index in [1.807, 2.05) is 82.6 Å². The first-order valence-corrected chi connectivity index (χ1v) is 13.8. The number of amides is 2. The van der Waals surface area contributed by atoms with Crippen molar-refractivity contribution >= 4 is 23.5 Å². The largest absolute Gasteiger partial charge is 0.481 e. The average molecular weight is 525 g/mol. The number of anilines is 1. The van der Waals surface area contributed by atoms with E-state index in [-0.39, 0.29) is 48.7 Å². The van der Waals surface area contributed by atoms with Crippen molar-refractivity contribution in [3.63, 3.8) is 0 Å². The van der Waals surface area contributed by atoms with Crippen molar-refractivity contribution in [1.82, 2.24) is 4.90 Å². The molecule has 2 aliphatic carbocycles. The molecule has 7 heteroatoms. The average Bonchev–Trinajstić information content (AvgIpc) is 3.67. The van der Waals surface area contributed by atoms with E-state index in [0.717, 1.165) is 43.4 Å². The number of hydrogen-bond donors (Lipinski definition) is 1. The van der Waals surface area contributed by atoms with Gasteiger partial charge in [-0.2, -0.15) is 0 Å². The van der Waals surface area contributed by atoms with Crippen molar-refractivity contribution in [3.05, 3.63) is 90.0 Å². The first kappa shape index (κ1) is 25.2. The quantitative estimate of drug-likeness (QED) is 0.379. The van der Waals surface area contributed by atoms with Crippen molar-refractivity contribution in [2.45, 2.75) is 63.1 Å². The molecular weight excluding hydrogens is 492 g/mol. The summed E-state index contributed by atoms with van der Waals surface area (Å²) in [5, 5.41) is 9.20. The molecule has 0 spiro atoms. The zero-order chi connectivity index (χ0) is 26.9. The molecule has 6 rings (SSSR count). The highest BCUT2D eigenvalue weighted by atomic mass is 16.5. The highest BCUT2D eigenvalue weighted by Crippen LogP contribution is 2.53. The summed E-state index contributed by atoms with van der Waals surface area (Å²) in [4.78, 5) is 42.7. The lowest BCUT2D eigenvalue weighted by molar-refractivity contribution is -0.142. The van der Waals surface area contributed by atoms with E-state index in [1.165, 1.54) is 0 Å². The van der Waals surface area contributed by atoms with Crippen LogP contribution in [-0.4, -0.2) is 39.9 Å². The van der Waals surface area contributed by atoms with Crippen LogP contribution in [0, 0.1) is 5.92 Å². The number of hydrogen-bond acceptors (Lipinski definition) is 4. The first-order chi connectivity index (χ1) is 19.0. The van der Waals surface area contributed by atoms with E-state index >= 15 is 0 Å². The molecule has 0 radical (unpaired) electrons. The summed E-state index contributed by atoms with van der Waals surface area (Å²) in [5.74, 6) is 0.264. The van der Waals surface area contributed by atoms with Crippen LogP contribution in [0.3, 0.4) is 0 Å². The Hall–Kier alpha value is -4.13. The van der Waals surface area contributed by atoms with Crippen LogP contribution in [0.15, 0.2) is 78.9 Å². The fraction of sp³-hybridized carbons (Fsp3) is 0.344. The van der Waals surface area contributed by atoms with E-state index in [2.05, 4.69) is 0 Å². The third kappa shape index (κ3) is 5.01. The normalized spacial score (nSPS) is 21.5. The fourth-order valence-corrected chi connectivity index (χ4v) is 6.38. The summed E-state index contributed by atoms with van der Waals surface area (Å²) in [7, 11) is 0. The predicted octanol–water partition coefficient (Wildman–Crippen LogP) is 6.20. The third-order valence-electron chi connectivity index (χ3n) is 8.14. The van der Waals surface area contributed by atoms with Crippen LogP contribution >= 0.6 is 0 Å². The second-order valence-corrected chi connectivity index (χ2v) is 10.7. The maximum atomic E-state index is 14.2. The molecule has 1 aliphatic heterocycles. The number of benzene rings is 3. The van der Waals surface area contributed by atoms with Crippen LogP contribution in [0.2, 0.25) is 0 Å². The molecule has 0 bridgehead atoms. The van der Waals surface area contributed by atoms with Crippen LogP contribution < -0.4 is 9.64 Å². The number of carbonyl (C=O) groups excluding carboxylic acids is 2. The first-order valence-electron chi connectivity index (χ1n) is 13.8. The number of fused-ring (bicyclic) bond motifs is 2. The van der Waals surface area contributed by atoms with E-state index in [9.17, 15) is 19.5 Å². The zero-order valence-electron chi connectivity index (χ0n) is 21.7.